The molecule has 0 amide bonds. The molecule has 108 valence electrons. The molecule has 0 spiro atoms. The number of fused-ring (bicyclic) bond motifs is 2. The van der Waals surface area contributed by atoms with Crippen molar-refractivity contribution >= 4 is 38.9 Å². The van der Waals surface area contributed by atoms with Gasteiger partial charge >= 0.3 is 0 Å². The van der Waals surface area contributed by atoms with Gasteiger partial charge in [-0.15, -0.1) is 0 Å². The van der Waals surface area contributed by atoms with Crippen LogP contribution in [0.1, 0.15) is 0 Å². The number of hydrogen-bond donors (Lipinski definition) is 0. The molecule has 2 nitrogen and oxygen atoms in total. The standard InChI is InChI=1S/C21H14N2/c1-3-11-18-16(7-1)9-5-13-20(18)22-15-23-21-14-6-10-17-8-2-4-12-19(17)21/h1-14H. The van der Waals surface area contributed by atoms with E-state index in [2.05, 4.69) is 52.4 Å². The van der Waals surface area contributed by atoms with Gasteiger partial charge < -0.3 is 0 Å². The van der Waals surface area contributed by atoms with E-state index in [9.17, 15) is 0 Å². The fourth-order valence-electron chi connectivity index (χ4n) is 2.74. The van der Waals surface area contributed by atoms with Crippen molar-refractivity contribution in [3.05, 3.63) is 84.9 Å². The summed E-state index contributed by atoms with van der Waals surface area (Å²) in [5, 5.41) is 4.55. The summed E-state index contributed by atoms with van der Waals surface area (Å²) in [6.07, 6.45) is 0. The van der Waals surface area contributed by atoms with Gasteiger partial charge in [-0.1, -0.05) is 72.8 Å². The summed E-state index contributed by atoms with van der Waals surface area (Å²) in [5.41, 5.74) is 1.76. The maximum atomic E-state index is 4.42. The van der Waals surface area contributed by atoms with Crippen LogP contribution in [0.3, 0.4) is 0 Å². The first-order chi connectivity index (χ1) is 11.4. The second kappa shape index (κ2) is 5.88. The van der Waals surface area contributed by atoms with Gasteiger partial charge in [0.25, 0.3) is 0 Å². The average molecular weight is 294 g/mol. The lowest BCUT2D eigenvalue weighted by Gasteiger charge is -2.00. The third-order valence-corrected chi connectivity index (χ3v) is 3.87. The molecular formula is C21H14N2. The molecular weight excluding hydrogens is 280 g/mol. The highest BCUT2D eigenvalue weighted by Crippen LogP contribution is 2.27. The highest BCUT2D eigenvalue weighted by molar-refractivity contribution is 5.95. The lowest BCUT2D eigenvalue weighted by Crippen LogP contribution is -1.73. The Kier molecular flexibility index (Phi) is 3.44. The molecule has 0 bridgehead atoms. The first-order valence-corrected chi connectivity index (χ1v) is 7.54. The first kappa shape index (κ1) is 13.4. The minimum absolute atomic E-state index is 0.882. The molecule has 0 saturated heterocycles. The Morgan fingerprint density at radius 3 is 1.43 bits per heavy atom. The zero-order valence-electron chi connectivity index (χ0n) is 12.5. The van der Waals surface area contributed by atoms with Gasteiger partial charge in [0.1, 0.15) is 6.01 Å². The minimum atomic E-state index is 0.882. The Bertz CT molecular complexity index is 964. The van der Waals surface area contributed by atoms with Crippen molar-refractivity contribution in [1.82, 2.24) is 0 Å². The number of rotatable bonds is 2. The van der Waals surface area contributed by atoms with Gasteiger partial charge in [-0.05, 0) is 22.9 Å². The van der Waals surface area contributed by atoms with Crippen molar-refractivity contribution in [2.24, 2.45) is 9.98 Å². The number of hydrogen-bond acceptors (Lipinski definition) is 2. The molecule has 0 heterocycles. The minimum Gasteiger partial charge on any atom is -0.187 e. The highest BCUT2D eigenvalue weighted by atomic mass is 14.8. The Labute approximate surface area is 134 Å². The van der Waals surface area contributed by atoms with Crippen molar-refractivity contribution in [3.63, 3.8) is 0 Å². The largest absolute Gasteiger partial charge is 0.187 e. The van der Waals surface area contributed by atoms with Crippen molar-refractivity contribution in [3.8, 4) is 0 Å². The molecule has 0 fully saturated rings. The van der Waals surface area contributed by atoms with Gasteiger partial charge in [-0.2, -0.15) is 9.98 Å². The zero-order chi connectivity index (χ0) is 15.5. The van der Waals surface area contributed by atoms with Crippen molar-refractivity contribution in [2.45, 2.75) is 0 Å². The Morgan fingerprint density at radius 1 is 0.478 bits per heavy atom. The lowest BCUT2D eigenvalue weighted by atomic mass is 10.1. The normalized spacial score (nSPS) is 10.4. The maximum Gasteiger partial charge on any atom is 0.101 e. The monoisotopic (exact) mass is 294 g/mol. The van der Waals surface area contributed by atoms with Crippen molar-refractivity contribution in [2.75, 3.05) is 0 Å². The van der Waals surface area contributed by atoms with Crippen LogP contribution in [-0.2, 0) is 0 Å². The van der Waals surface area contributed by atoms with Crippen LogP contribution < -0.4 is 0 Å². The predicted octanol–water partition coefficient (Wildman–Crippen LogP) is 6.13. The Balaban J connectivity index is 1.79. The molecule has 4 aromatic rings. The van der Waals surface area contributed by atoms with Crippen LogP contribution in [0, 0.1) is 0 Å². The summed E-state index contributed by atoms with van der Waals surface area (Å²) in [4.78, 5) is 8.84. The third kappa shape index (κ3) is 2.64. The smallest absolute Gasteiger partial charge is 0.101 e. The molecule has 0 aliphatic heterocycles. The van der Waals surface area contributed by atoms with Crippen LogP contribution in [0.2, 0.25) is 0 Å². The highest BCUT2D eigenvalue weighted by Gasteiger charge is 1.98. The zero-order valence-corrected chi connectivity index (χ0v) is 12.5. The average Bonchev–Trinajstić information content (AvgIpc) is 2.62. The summed E-state index contributed by atoms with van der Waals surface area (Å²) in [6, 6.07) is 31.3. The Hall–Kier alpha value is -3.22. The van der Waals surface area contributed by atoms with Crippen molar-refractivity contribution in [1.29, 1.82) is 0 Å². The quantitative estimate of drug-likeness (QED) is 0.397. The Morgan fingerprint density at radius 2 is 0.913 bits per heavy atom. The van der Waals surface area contributed by atoms with Crippen LogP contribution >= 0.6 is 0 Å². The van der Waals surface area contributed by atoms with Gasteiger partial charge in [0.2, 0.25) is 0 Å². The van der Waals surface area contributed by atoms with Gasteiger partial charge in [0.05, 0.1) is 11.4 Å². The molecule has 2 heteroatoms. The van der Waals surface area contributed by atoms with E-state index in [0.29, 0.717) is 0 Å². The van der Waals surface area contributed by atoms with E-state index in [1.165, 1.54) is 10.8 Å². The summed E-state index contributed by atoms with van der Waals surface area (Å²) >= 11 is 0. The summed E-state index contributed by atoms with van der Waals surface area (Å²) < 4.78 is 0. The number of benzene rings is 4. The van der Waals surface area contributed by atoms with E-state index < -0.39 is 0 Å². The molecule has 0 radical (unpaired) electrons. The number of aliphatic imine (C=N–C) groups is 2. The molecule has 4 rings (SSSR count). The molecule has 0 saturated carbocycles. The van der Waals surface area contributed by atoms with E-state index in [1.807, 2.05) is 48.5 Å². The molecule has 4 aromatic carbocycles. The molecule has 0 N–H and O–H groups in total. The van der Waals surface area contributed by atoms with Gasteiger partial charge in [0.15, 0.2) is 0 Å². The van der Waals surface area contributed by atoms with E-state index in [1.54, 1.807) is 0 Å². The topological polar surface area (TPSA) is 24.7 Å². The van der Waals surface area contributed by atoms with E-state index in [0.717, 1.165) is 22.1 Å². The maximum absolute atomic E-state index is 4.42. The third-order valence-electron chi connectivity index (χ3n) is 3.87. The van der Waals surface area contributed by atoms with Crippen LogP contribution in [-0.4, -0.2) is 6.01 Å². The molecule has 0 aromatic heterocycles. The molecule has 0 unspecified atom stereocenters. The molecule has 0 aliphatic rings. The van der Waals surface area contributed by atoms with E-state index in [-0.39, 0.29) is 0 Å². The number of nitrogens with zero attached hydrogens (tertiary/aromatic N) is 2. The van der Waals surface area contributed by atoms with Crippen LogP contribution in [0.5, 0.6) is 0 Å². The predicted molar refractivity (Wildman–Crippen MR) is 97.1 cm³/mol. The lowest BCUT2D eigenvalue weighted by molar-refractivity contribution is 1.53. The van der Waals surface area contributed by atoms with Crippen LogP contribution in [0.15, 0.2) is 94.9 Å². The van der Waals surface area contributed by atoms with Gasteiger partial charge in [0, 0.05) is 10.8 Å². The van der Waals surface area contributed by atoms with E-state index in [4.69, 9.17) is 0 Å². The fourth-order valence-corrected chi connectivity index (χ4v) is 2.74. The first-order valence-electron chi connectivity index (χ1n) is 7.54. The second-order valence-electron chi connectivity index (χ2n) is 5.32. The van der Waals surface area contributed by atoms with Crippen LogP contribution in [0.4, 0.5) is 11.4 Å². The van der Waals surface area contributed by atoms with Crippen molar-refractivity contribution < 1.29 is 0 Å². The van der Waals surface area contributed by atoms with Gasteiger partial charge in [-0.25, -0.2) is 0 Å². The summed E-state index contributed by atoms with van der Waals surface area (Å²) in [5.74, 6) is 0. The van der Waals surface area contributed by atoms with E-state index >= 15 is 0 Å². The second-order valence-corrected chi connectivity index (χ2v) is 5.32. The molecule has 0 atom stereocenters. The SMILES string of the molecule is C(=Nc1cccc2ccccc12)=Nc1cccc2ccccc12. The summed E-state index contributed by atoms with van der Waals surface area (Å²) in [7, 11) is 0. The summed E-state index contributed by atoms with van der Waals surface area (Å²) in [6.45, 7) is 0. The van der Waals surface area contributed by atoms with Crippen LogP contribution in [0.25, 0.3) is 21.5 Å². The fraction of sp³-hybridized carbons (Fsp3) is 0. The molecule has 23 heavy (non-hydrogen) atoms. The molecule has 0 aliphatic carbocycles. The van der Waals surface area contributed by atoms with Gasteiger partial charge in [-0.3, -0.25) is 0 Å².